The number of carboxylic acid groups (broad SMARTS) is 1. The number of aliphatic hydroxyl groups is 10. The van der Waals surface area contributed by atoms with E-state index in [0.29, 0.717) is 18.8 Å². The van der Waals surface area contributed by atoms with Crippen LogP contribution in [0.1, 0.15) is 233 Å². The van der Waals surface area contributed by atoms with E-state index in [2.05, 4.69) is 31.4 Å². The van der Waals surface area contributed by atoms with Crippen LogP contribution in [0.5, 0.6) is 0 Å². The largest absolute Gasteiger partial charge is 0.477 e. The number of carbonyl (C=O) groups excluding carboxylic acids is 2. The lowest BCUT2D eigenvalue weighted by atomic mass is 9.88. The lowest BCUT2D eigenvalue weighted by Gasteiger charge is -2.47. The minimum Gasteiger partial charge on any atom is -0.477 e. The zero-order valence-corrected chi connectivity index (χ0v) is 48.0. The summed E-state index contributed by atoms with van der Waals surface area (Å²) in [5, 5.41) is 122. The highest BCUT2D eigenvalue weighted by Gasteiger charge is 2.57. The molecule has 460 valence electrons. The quantitative estimate of drug-likeness (QED) is 0.0343. The van der Waals surface area contributed by atoms with Gasteiger partial charge in [0.15, 0.2) is 6.29 Å². The second-order valence-corrected chi connectivity index (χ2v) is 22.9. The van der Waals surface area contributed by atoms with Gasteiger partial charge in [-0.3, -0.25) is 9.59 Å². The number of carboxylic acids is 1. The van der Waals surface area contributed by atoms with E-state index >= 15 is 0 Å². The molecule has 0 aromatic carbocycles. The van der Waals surface area contributed by atoms with Crippen LogP contribution in [0.15, 0.2) is 0 Å². The molecule has 0 aromatic heterocycles. The minimum absolute atomic E-state index is 0.149. The molecule has 2 heterocycles. The normalized spacial score (nSPS) is 25.6. The number of hydrogen-bond donors (Lipinski definition) is 13. The average Bonchev–Trinajstić information content (AvgIpc) is 3.48. The third-order valence-corrected chi connectivity index (χ3v) is 15.6. The monoisotopic (exact) mass is 1120 g/mol. The Labute approximate surface area is 466 Å². The Kier molecular flexibility index (Phi) is 39.3. The van der Waals surface area contributed by atoms with Gasteiger partial charge in [0.2, 0.25) is 11.8 Å². The molecule has 14 atom stereocenters. The van der Waals surface area contributed by atoms with Crippen molar-refractivity contribution in [3.63, 3.8) is 0 Å². The molecule has 2 aliphatic rings. The van der Waals surface area contributed by atoms with E-state index in [9.17, 15) is 70.6 Å². The van der Waals surface area contributed by atoms with Gasteiger partial charge in [0.1, 0.15) is 55.4 Å². The summed E-state index contributed by atoms with van der Waals surface area (Å²) < 4.78 is 22.8. The smallest absolute Gasteiger partial charge is 0.364 e. The fourth-order valence-electron chi connectivity index (χ4n) is 10.5. The van der Waals surface area contributed by atoms with Crippen molar-refractivity contribution >= 4 is 17.8 Å². The van der Waals surface area contributed by atoms with Crippen LogP contribution in [0.2, 0.25) is 0 Å². The van der Waals surface area contributed by atoms with Crippen molar-refractivity contribution < 1.29 is 89.5 Å². The fraction of sp³-hybridized carbons (Fsp3) is 0.948. The van der Waals surface area contributed by atoms with Gasteiger partial charge in [-0.15, -0.1) is 0 Å². The molecule has 0 spiro atoms. The topological polar surface area (TPSA) is 335 Å². The highest BCUT2D eigenvalue weighted by Crippen LogP contribution is 2.35. The number of aliphatic hydroxyl groups excluding tert-OH is 10. The molecule has 2 saturated heterocycles. The molecular formula is C58H110N2O18. The fourth-order valence-corrected chi connectivity index (χ4v) is 10.5. The van der Waals surface area contributed by atoms with Crippen LogP contribution < -0.4 is 10.6 Å². The highest BCUT2D eigenvalue weighted by atomic mass is 16.7. The van der Waals surface area contributed by atoms with E-state index in [-0.39, 0.29) is 12.8 Å². The minimum atomic E-state index is -2.87. The summed E-state index contributed by atoms with van der Waals surface area (Å²) in [4.78, 5) is 38.2. The Morgan fingerprint density at radius 3 is 1.55 bits per heavy atom. The third kappa shape index (κ3) is 28.7. The van der Waals surface area contributed by atoms with Crippen LogP contribution in [0.25, 0.3) is 0 Å². The summed E-state index contributed by atoms with van der Waals surface area (Å²) in [6.07, 6.45) is 15.0. The second kappa shape index (κ2) is 42.6. The number of amides is 2. The first-order valence-corrected chi connectivity index (χ1v) is 30.5. The molecule has 20 heteroatoms. The van der Waals surface area contributed by atoms with Crippen molar-refractivity contribution in [2.24, 2.45) is 5.92 Å². The first kappa shape index (κ1) is 72.0. The van der Waals surface area contributed by atoms with Crippen molar-refractivity contribution in [1.29, 1.82) is 0 Å². The maximum atomic E-state index is 13.4. The van der Waals surface area contributed by atoms with Crippen LogP contribution in [-0.4, -0.2) is 186 Å². The molecule has 2 aliphatic heterocycles. The molecular weight excluding hydrogens is 1010 g/mol. The summed E-state index contributed by atoms with van der Waals surface area (Å²) in [6.45, 7) is 3.14. The molecule has 13 N–H and O–H groups in total. The summed E-state index contributed by atoms with van der Waals surface area (Å²) in [6, 6.07) is -2.83. The Hall–Kier alpha value is -2.15. The van der Waals surface area contributed by atoms with Gasteiger partial charge in [0.25, 0.3) is 5.79 Å². The van der Waals surface area contributed by atoms with E-state index in [4.69, 9.17) is 18.9 Å². The summed E-state index contributed by atoms with van der Waals surface area (Å²) >= 11 is 0. The molecule has 2 rings (SSSR count). The van der Waals surface area contributed by atoms with E-state index < -0.39 is 136 Å². The Balaban J connectivity index is 1.97. The first-order chi connectivity index (χ1) is 37.4. The van der Waals surface area contributed by atoms with Gasteiger partial charge >= 0.3 is 5.97 Å². The average molecular weight is 1120 g/mol. The number of carbonyl (C=O) groups is 3. The molecule has 2 fully saturated rings. The molecule has 20 nitrogen and oxygen atoms in total. The molecule has 9 unspecified atom stereocenters. The van der Waals surface area contributed by atoms with Crippen molar-refractivity contribution in [3.05, 3.63) is 0 Å². The third-order valence-electron chi connectivity index (χ3n) is 15.6. The van der Waals surface area contributed by atoms with Crippen LogP contribution in [0.4, 0.5) is 0 Å². The van der Waals surface area contributed by atoms with Crippen molar-refractivity contribution in [1.82, 2.24) is 10.6 Å². The van der Waals surface area contributed by atoms with E-state index in [1.807, 2.05) is 0 Å². The van der Waals surface area contributed by atoms with Gasteiger partial charge < -0.3 is 85.8 Å². The second-order valence-electron chi connectivity index (χ2n) is 22.9. The van der Waals surface area contributed by atoms with Crippen LogP contribution in [0, 0.1) is 5.92 Å². The zero-order valence-electron chi connectivity index (χ0n) is 48.0. The van der Waals surface area contributed by atoms with E-state index in [1.165, 1.54) is 128 Å². The van der Waals surface area contributed by atoms with Gasteiger partial charge in [-0.2, -0.15) is 0 Å². The Morgan fingerprint density at radius 2 is 1.09 bits per heavy atom. The molecule has 0 saturated carbocycles. The molecule has 0 aliphatic carbocycles. The number of aliphatic carboxylic acids is 1. The standard InChI is InChI=1S/C58H110N2O18/c1-4-5-6-7-8-9-10-11-12-13-14-15-16-17-18-19-20-21-26-29-32-35-47(66)59-42(50(68)43(63)34-31-28-25-23-22-24-27-30-33-41(2)3)39-75-56-54(72)53(71)52(70)46(77-56)40-76-58(57(73)74)36-44(64)49(60-48(67)38-62)55(78-58)51(69)45(65)37-61/h41-46,49-56,61-65,68-72H,4-40H2,1-3H3,(H,59,66)(H,60,67)(H,73,74)/t42?,43?,44?,45?,46?,49-,50+,51?,52-,53?,54?,55?,56-,58-/m1/s1. The zero-order chi connectivity index (χ0) is 57.7. The van der Waals surface area contributed by atoms with Gasteiger partial charge in [0, 0.05) is 12.8 Å². The Morgan fingerprint density at radius 1 is 0.615 bits per heavy atom. The lowest BCUT2D eigenvalue weighted by molar-refractivity contribution is -0.339. The van der Waals surface area contributed by atoms with Gasteiger partial charge in [0.05, 0.1) is 44.1 Å². The number of nitrogens with one attached hydrogen (secondary N) is 2. The summed E-state index contributed by atoms with van der Waals surface area (Å²) in [5.74, 6) is -5.47. The van der Waals surface area contributed by atoms with Crippen molar-refractivity contribution in [3.8, 4) is 0 Å². The number of ether oxygens (including phenoxy) is 4. The highest BCUT2D eigenvalue weighted by molar-refractivity contribution is 5.78. The van der Waals surface area contributed by atoms with Gasteiger partial charge in [-0.25, -0.2) is 4.79 Å². The van der Waals surface area contributed by atoms with Crippen molar-refractivity contribution in [2.45, 2.75) is 318 Å². The maximum Gasteiger partial charge on any atom is 0.364 e. The lowest BCUT2D eigenvalue weighted by Crippen LogP contribution is -2.68. The number of rotatable bonds is 48. The molecule has 2 amide bonds. The van der Waals surface area contributed by atoms with Crippen LogP contribution in [-0.2, 0) is 33.3 Å². The predicted molar refractivity (Wildman–Crippen MR) is 295 cm³/mol. The molecule has 0 radical (unpaired) electrons. The van der Waals surface area contributed by atoms with Gasteiger partial charge in [-0.1, -0.05) is 207 Å². The summed E-state index contributed by atoms with van der Waals surface area (Å²) in [5.41, 5.74) is 0. The first-order valence-electron chi connectivity index (χ1n) is 30.5. The molecule has 0 aromatic rings. The van der Waals surface area contributed by atoms with E-state index in [1.54, 1.807) is 0 Å². The molecule has 0 bridgehead atoms. The number of unbranched alkanes of at least 4 members (excludes halogenated alkanes) is 27. The molecule has 78 heavy (non-hydrogen) atoms. The maximum absolute atomic E-state index is 13.4. The predicted octanol–water partition coefficient (Wildman–Crippen LogP) is 5.31. The van der Waals surface area contributed by atoms with Crippen molar-refractivity contribution in [2.75, 3.05) is 26.4 Å². The summed E-state index contributed by atoms with van der Waals surface area (Å²) in [7, 11) is 0. The van der Waals surface area contributed by atoms with Gasteiger partial charge in [-0.05, 0) is 18.8 Å². The van der Waals surface area contributed by atoms with Crippen LogP contribution in [0.3, 0.4) is 0 Å². The van der Waals surface area contributed by atoms with Crippen LogP contribution >= 0.6 is 0 Å². The Bertz CT molecular complexity index is 1530. The number of hydrogen-bond acceptors (Lipinski definition) is 17. The SMILES string of the molecule is CCCCCCCCCCCCCCCCCCCCCCCC(=O)NC(CO[C@@H]1OC(CO[C@]2(C(=O)O)CC(O)[C@@H](NC(=O)CO)C(C(O)C(O)CO)O2)[C@@H](O)C(O)C1O)[C@H](O)C(O)CCCCCCCCCCC(C)C. The van der Waals surface area contributed by atoms with E-state index in [0.717, 1.165) is 51.4 Å².